The summed E-state index contributed by atoms with van der Waals surface area (Å²) < 4.78 is 11.8. The van der Waals surface area contributed by atoms with E-state index in [4.69, 9.17) is 9.47 Å². The molecule has 0 aliphatic rings. The number of hydrogen-bond acceptors (Lipinski definition) is 6. The molecule has 4 aromatic rings. The topological polar surface area (TPSA) is 83.3 Å². The Bertz CT molecular complexity index is 1300. The second kappa shape index (κ2) is 7.79. The molecule has 0 aliphatic carbocycles. The minimum atomic E-state index is -0.550. The van der Waals surface area contributed by atoms with E-state index in [1.807, 2.05) is 12.1 Å². The highest BCUT2D eigenvalue weighted by Crippen LogP contribution is 2.33. The van der Waals surface area contributed by atoms with Crippen molar-refractivity contribution in [2.45, 2.75) is 6.92 Å². The van der Waals surface area contributed by atoms with Crippen molar-refractivity contribution < 1.29 is 14.3 Å². The zero-order valence-corrected chi connectivity index (χ0v) is 16.7. The summed E-state index contributed by atoms with van der Waals surface area (Å²) >= 11 is 0. The van der Waals surface area contributed by atoms with E-state index in [0.29, 0.717) is 39.2 Å². The number of hydrogen-bond donors (Lipinski definition) is 0. The van der Waals surface area contributed by atoms with Gasteiger partial charge in [-0.2, -0.15) is 0 Å². The van der Waals surface area contributed by atoms with E-state index in [2.05, 4.69) is 9.97 Å². The molecule has 7 nitrogen and oxygen atoms in total. The molecule has 30 heavy (non-hydrogen) atoms. The Morgan fingerprint density at radius 1 is 1.00 bits per heavy atom. The van der Waals surface area contributed by atoms with E-state index in [1.54, 1.807) is 63.0 Å². The van der Waals surface area contributed by atoms with Crippen LogP contribution in [0.4, 0.5) is 0 Å². The summed E-state index contributed by atoms with van der Waals surface area (Å²) in [5.41, 5.74) is 2.80. The molecule has 0 atom stereocenters. The number of aryl methyl sites for hydroxylation is 1. The molecule has 0 N–H and O–H groups in total. The number of nitrogens with zero attached hydrogens (tertiary/aromatic N) is 3. The third kappa shape index (κ3) is 3.20. The van der Waals surface area contributed by atoms with Gasteiger partial charge in [0.05, 0.1) is 42.1 Å². The van der Waals surface area contributed by atoms with Crippen LogP contribution in [0.1, 0.15) is 16.1 Å². The normalized spacial score (nSPS) is 10.8. The van der Waals surface area contributed by atoms with Gasteiger partial charge in [-0.15, -0.1) is 0 Å². The minimum absolute atomic E-state index is 0.264. The Morgan fingerprint density at radius 3 is 2.33 bits per heavy atom. The van der Waals surface area contributed by atoms with Gasteiger partial charge in [-0.05, 0) is 42.8 Å². The Labute approximate surface area is 172 Å². The van der Waals surface area contributed by atoms with E-state index in [0.717, 1.165) is 0 Å². The maximum Gasteiger partial charge on any atom is 0.340 e. The lowest BCUT2D eigenvalue weighted by atomic mass is 9.95. The van der Waals surface area contributed by atoms with Gasteiger partial charge < -0.3 is 9.47 Å². The largest absolute Gasteiger partial charge is 0.497 e. The highest BCUT2D eigenvalue weighted by Gasteiger charge is 2.23. The molecule has 3 heterocycles. The first-order valence-corrected chi connectivity index (χ1v) is 9.24. The van der Waals surface area contributed by atoms with Crippen molar-refractivity contribution in [3.63, 3.8) is 0 Å². The molecule has 0 unspecified atom stereocenters. The van der Waals surface area contributed by atoms with Crippen molar-refractivity contribution in [2.75, 3.05) is 14.2 Å². The molecular weight excluding hydrogens is 382 g/mol. The number of carbonyl (C=O) groups is 1. The molecule has 4 rings (SSSR count). The van der Waals surface area contributed by atoms with Crippen molar-refractivity contribution in [2.24, 2.45) is 0 Å². The number of esters is 1. The molecule has 0 radical (unpaired) electrons. The van der Waals surface area contributed by atoms with Crippen molar-refractivity contribution in [3.05, 3.63) is 82.7 Å². The molecule has 1 aromatic carbocycles. The molecule has 0 aliphatic heterocycles. The van der Waals surface area contributed by atoms with Crippen molar-refractivity contribution >= 4 is 16.9 Å². The quantitative estimate of drug-likeness (QED) is 0.486. The lowest BCUT2D eigenvalue weighted by molar-refractivity contribution is 0.0600. The predicted octanol–water partition coefficient (Wildman–Crippen LogP) is 3.55. The Kier molecular flexibility index (Phi) is 5.02. The molecule has 0 saturated heterocycles. The first-order valence-electron chi connectivity index (χ1n) is 9.24. The van der Waals surface area contributed by atoms with Gasteiger partial charge >= 0.3 is 5.97 Å². The van der Waals surface area contributed by atoms with Crippen molar-refractivity contribution in [3.8, 4) is 22.6 Å². The number of fused-ring (bicyclic) bond motifs is 1. The molecule has 0 fully saturated rings. The molecule has 150 valence electrons. The van der Waals surface area contributed by atoms with Crippen LogP contribution < -0.4 is 10.3 Å². The summed E-state index contributed by atoms with van der Waals surface area (Å²) in [5, 5.41) is 0.338. The number of ether oxygens (including phenoxy) is 2. The van der Waals surface area contributed by atoms with Gasteiger partial charge in [0.1, 0.15) is 5.75 Å². The standard InChI is InChI=1S/C23H19N3O4/c1-14-19(23(28)30-3)20(15-4-6-17(29-2)7-5-15)21-18(25-14)10-13-26(22(21)27)16-8-11-24-12-9-16/h4-13H,1-3H3. The number of aromatic nitrogens is 3. The summed E-state index contributed by atoms with van der Waals surface area (Å²) in [6.45, 7) is 1.73. The smallest absolute Gasteiger partial charge is 0.340 e. The maximum absolute atomic E-state index is 13.5. The molecule has 0 spiro atoms. The number of rotatable bonds is 4. The molecule has 0 saturated carbocycles. The van der Waals surface area contributed by atoms with Crippen LogP contribution in [0.15, 0.2) is 65.8 Å². The van der Waals surface area contributed by atoms with Crippen LogP contribution in [-0.4, -0.2) is 34.7 Å². The second-order valence-electron chi connectivity index (χ2n) is 6.62. The molecule has 0 bridgehead atoms. The Hall–Kier alpha value is -4.00. The fraction of sp³-hybridized carbons (Fsp3) is 0.130. The first-order chi connectivity index (χ1) is 14.5. The Morgan fingerprint density at radius 2 is 1.70 bits per heavy atom. The minimum Gasteiger partial charge on any atom is -0.497 e. The van der Waals surface area contributed by atoms with Crippen LogP contribution in [0.25, 0.3) is 27.7 Å². The highest BCUT2D eigenvalue weighted by molar-refractivity contribution is 6.07. The number of carbonyl (C=O) groups excluding carboxylic acids is 1. The van der Waals surface area contributed by atoms with Crippen LogP contribution in [0.3, 0.4) is 0 Å². The van der Waals surface area contributed by atoms with Gasteiger partial charge in [0, 0.05) is 24.2 Å². The highest BCUT2D eigenvalue weighted by atomic mass is 16.5. The van der Waals surface area contributed by atoms with Gasteiger partial charge in [-0.1, -0.05) is 12.1 Å². The summed E-state index contributed by atoms with van der Waals surface area (Å²) in [4.78, 5) is 34.7. The van der Waals surface area contributed by atoms with Gasteiger partial charge in [0.25, 0.3) is 5.56 Å². The van der Waals surface area contributed by atoms with Crippen LogP contribution in [-0.2, 0) is 4.74 Å². The number of benzene rings is 1. The van der Waals surface area contributed by atoms with Gasteiger partial charge in [0.15, 0.2) is 0 Å². The molecular formula is C23H19N3O4. The predicted molar refractivity (Wildman–Crippen MR) is 113 cm³/mol. The van der Waals surface area contributed by atoms with E-state index < -0.39 is 5.97 Å². The lowest BCUT2D eigenvalue weighted by Crippen LogP contribution is -2.20. The third-order valence-electron chi connectivity index (χ3n) is 4.93. The fourth-order valence-electron chi connectivity index (χ4n) is 3.50. The SMILES string of the molecule is COC(=O)c1c(C)nc2ccn(-c3ccncc3)c(=O)c2c1-c1ccc(OC)cc1. The lowest BCUT2D eigenvalue weighted by Gasteiger charge is -2.16. The van der Waals surface area contributed by atoms with Crippen molar-refractivity contribution in [1.29, 1.82) is 0 Å². The summed E-state index contributed by atoms with van der Waals surface area (Å²) in [5.74, 6) is 0.120. The zero-order valence-electron chi connectivity index (χ0n) is 16.7. The molecule has 3 aromatic heterocycles. The Balaban J connectivity index is 2.13. The summed E-state index contributed by atoms with van der Waals surface area (Å²) in [7, 11) is 2.89. The zero-order chi connectivity index (χ0) is 21.3. The van der Waals surface area contributed by atoms with Crippen LogP contribution in [0.5, 0.6) is 5.75 Å². The third-order valence-corrected chi connectivity index (χ3v) is 4.93. The second-order valence-corrected chi connectivity index (χ2v) is 6.62. The van der Waals surface area contributed by atoms with E-state index >= 15 is 0 Å². The molecule has 0 amide bonds. The monoisotopic (exact) mass is 401 g/mol. The summed E-state index contributed by atoms with van der Waals surface area (Å²) in [6.07, 6.45) is 4.90. The van der Waals surface area contributed by atoms with Crippen LogP contribution >= 0.6 is 0 Å². The summed E-state index contributed by atoms with van der Waals surface area (Å²) in [6, 6.07) is 12.4. The molecule has 7 heteroatoms. The first kappa shape index (κ1) is 19.3. The van der Waals surface area contributed by atoms with Crippen LogP contribution in [0.2, 0.25) is 0 Å². The van der Waals surface area contributed by atoms with Crippen molar-refractivity contribution in [1.82, 2.24) is 14.5 Å². The maximum atomic E-state index is 13.5. The number of methoxy groups -OCH3 is 2. The average Bonchev–Trinajstić information content (AvgIpc) is 2.78. The van der Waals surface area contributed by atoms with Gasteiger partial charge in [0.2, 0.25) is 0 Å². The fourth-order valence-corrected chi connectivity index (χ4v) is 3.50. The van der Waals surface area contributed by atoms with Gasteiger partial charge in [-0.3, -0.25) is 19.3 Å². The number of pyridine rings is 3. The van der Waals surface area contributed by atoms with Gasteiger partial charge in [-0.25, -0.2) is 4.79 Å². The van der Waals surface area contributed by atoms with Crippen LogP contribution in [0, 0.1) is 6.92 Å². The average molecular weight is 401 g/mol. The van der Waals surface area contributed by atoms with E-state index in [9.17, 15) is 9.59 Å². The van der Waals surface area contributed by atoms with E-state index in [-0.39, 0.29) is 11.1 Å². The van der Waals surface area contributed by atoms with E-state index in [1.165, 1.54) is 11.7 Å².